The fourth-order valence-corrected chi connectivity index (χ4v) is 2.94. The van der Waals surface area contributed by atoms with E-state index in [4.69, 9.17) is 5.14 Å². The number of allylic oxidation sites excluding steroid dienone is 2. The van der Waals surface area contributed by atoms with Crippen LogP contribution in [-0.2, 0) is 16.2 Å². The molecule has 0 radical (unpaired) electrons. The molecule has 0 saturated heterocycles. The van der Waals surface area contributed by atoms with E-state index in [1.165, 1.54) is 54.8 Å². The van der Waals surface area contributed by atoms with Crippen LogP contribution in [0.5, 0.6) is 0 Å². The number of halogens is 4. The zero-order chi connectivity index (χ0) is 19.4. The van der Waals surface area contributed by atoms with E-state index in [0.29, 0.717) is 0 Å². The maximum Gasteiger partial charge on any atom is 0.416 e. The zero-order valence-corrected chi connectivity index (χ0v) is 14.0. The van der Waals surface area contributed by atoms with Crippen LogP contribution in [-0.4, -0.2) is 8.42 Å². The van der Waals surface area contributed by atoms with E-state index in [2.05, 4.69) is 5.32 Å². The summed E-state index contributed by atoms with van der Waals surface area (Å²) in [5, 5.41) is 7.51. The Balaban J connectivity index is 2.18. The summed E-state index contributed by atoms with van der Waals surface area (Å²) in [5.74, 6) is -1.01. The van der Waals surface area contributed by atoms with Crippen LogP contribution < -0.4 is 10.5 Å². The standard InChI is InChI=1S/C17H14F4N2O2S/c18-14-9-5-10-15(16(14)26(22,24)25)23-11-4-3-7-12-6-1-2-8-13(12)17(19,20)21/h1-11,23H,(H2,22,24,25)/b7-3+,11-4?. The summed E-state index contributed by atoms with van der Waals surface area (Å²) in [5.41, 5.74) is -0.896. The minimum absolute atomic E-state index is 0.0272. The van der Waals surface area contributed by atoms with Crippen LogP contribution >= 0.6 is 0 Å². The van der Waals surface area contributed by atoms with Crippen molar-refractivity contribution >= 4 is 21.8 Å². The molecule has 0 aliphatic carbocycles. The molecule has 0 unspecified atom stereocenters. The molecular formula is C17H14F4N2O2S. The lowest BCUT2D eigenvalue weighted by molar-refractivity contribution is -0.137. The third kappa shape index (κ3) is 4.93. The van der Waals surface area contributed by atoms with E-state index < -0.39 is 32.5 Å². The number of hydrogen-bond acceptors (Lipinski definition) is 3. The summed E-state index contributed by atoms with van der Waals surface area (Å²) in [6.45, 7) is 0. The number of hydrogen-bond donors (Lipinski definition) is 2. The number of benzene rings is 2. The van der Waals surface area contributed by atoms with Gasteiger partial charge >= 0.3 is 6.18 Å². The number of alkyl halides is 3. The molecule has 0 aliphatic heterocycles. The first-order valence-corrected chi connectivity index (χ1v) is 8.72. The van der Waals surface area contributed by atoms with Crippen molar-refractivity contribution in [3.05, 3.63) is 77.8 Å². The number of primary sulfonamides is 1. The number of nitrogens with two attached hydrogens (primary N) is 1. The highest BCUT2D eigenvalue weighted by atomic mass is 32.2. The molecule has 2 aromatic carbocycles. The molecule has 138 valence electrons. The van der Waals surface area contributed by atoms with Gasteiger partial charge in [0.15, 0.2) is 0 Å². The van der Waals surface area contributed by atoms with Crippen molar-refractivity contribution in [3.8, 4) is 0 Å². The van der Waals surface area contributed by atoms with Gasteiger partial charge in [-0.3, -0.25) is 0 Å². The van der Waals surface area contributed by atoms with Crippen molar-refractivity contribution in [2.45, 2.75) is 11.1 Å². The Labute approximate surface area is 147 Å². The second-order valence-electron chi connectivity index (χ2n) is 5.11. The third-order valence-electron chi connectivity index (χ3n) is 3.24. The molecule has 9 heteroatoms. The number of sulfonamides is 1. The lowest BCUT2D eigenvalue weighted by atomic mass is 10.1. The second-order valence-corrected chi connectivity index (χ2v) is 6.61. The molecule has 0 bridgehead atoms. The van der Waals surface area contributed by atoms with E-state index in [0.717, 1.165) is 12.1 Å². The Morgan fingerprint density at radius 3 is 2.35 bits per heavy atom. The van der Waals surface area contributed by atoms with Crippen LogP contribution in [0.3, 0.4) is 0 Å². The highest BCUT2D eigenvalue weighted by Crippen LogP contribution is 2.32. The van der Waals surface area contributed by atoms with Gasteiger partial charge in [0.2, 0.25) is 10.0 Å². The predicted molar refractivity (Wildman–Crippen MR) is 91.0 cm³/mol. The smallest absolute Gasteiger partial charge is 0.360 e. The minimum atomic E-state index is -4.48. The normalized spacial score (nSPS) is 12.8. The van der Waals surface area contributed by atoms with Crippen LogP contribution in [0.25, 0.3) is 6.08 Å². The van der Waals surface area contributed by atoms with Gasteiger partial charge in [-0.1, -0.05) is 36.4 Å². The Kier molecular flexibility index (Phi) is 5.83. The third-order valence-corrected chi connectivity index (χ3v) is 4.22. The van der Waals surface area contributed by atoms with Gasteiger partial charge in [-0.15, -0.1) is 0 Å². The van der Waals surface area contributed by atoms with Crippen LogP contribution in [0.15, 0.2) is 65.7 Å². The number of rotatable bonds is 5. The van der Waals surface area contributed by atoms with Crippen LogP contribution in [0, 0.1) is 5.82 Å². The van der Waals surface area contributed by atoms with Gasteiger partial charge in [0.05, 0.1) is 11.3 Å². The Hall–Kier alpha value is -2.65. The highest BCUT2D eigenvalue weighted by Gasteiger charge is 2.32. The first-order chi connectivity index (χ1) is 12.1. The molecule has 0 aromatic heterocycles. The molecule has 0 atom stereocenters. The summed E-state index contributed by atoms with van der Waals surface area (Å²) in [7, 11) is -4.29. The summed E-state index contributed by atoms with van der Waals surface area (Å²) >= 11 is 0. The van der Waals surface area contributed by atoms with Crippen LogP contribution in [0.1, 0.15) is 11.1 Å². The number of anilines is 1. The first kappa shape index (κ1) is 19.7. The zero-order valence-electron chi connectivity index (χ0n) is 13.2. The fraction of sp³-hybridized carbons (Fsp3) is 0.0588. The highest BCUT2D eigenvalue weighted by molar-refractivity contribution is 7.89. The first-order valence-electron chi connectivity index (χ1n) is 7.18. The summed E-state index contributed by atoms with van der Waals surface area (Å²) < 4.78 is 75.1. The van der Waals surface area contributed by atoms with Gasteiger partial charge < -0.3 is 5.32 Å². The Bertz CT molecular complexity index is 951. The average Bonchev–Trinajstić information content (AvgIpc) is 2.53. The lowest BCUT2D eigenvalue weighted by Crippen LogP contribution is -2.16. The predicted octanol–water partition coefficient (Wildman–Crippen LogP) is 4.13. The Morgan fingerprint density at radius 1 is 1.00 bits per heavy atom. The van der Waals surface area contributed by atoms with Crippen molar-refractivity contribution in [2.75, 3.05) is 5.32 Å². The molecular weight excluding hydrogens is 372 g/mol. The topological polar surface area (TPSA) is 72.2 Å². The molecule has 2 aromatic rings. The summed E-state index contributed by atoms with van der Waals surface area (Å²) in [6, 6.07) is 8.57. The molecule has 0 saturated carbocycles. The SMILES string of the molecule is NS(=O)(=O)c1c(F)cccc1NC=C/C=C/c1ccccc1C(F)(F)F. The van der Waals surface area contributed by atoms with Crippen LogP contribution in [0.4, 0.5) is 23.2 Å². The molecule has 3 N–H and O–H groups in total. The van der Waals surface area contributed by atoms with E-state index in [1.807, 2.05) is 0 Å². The van der Waals surface area contributed by atoms with E-state index >= 15 is 0 Å². The maximum absolute atomic E-state index is 13.7. The molecule has 0 spiro atoms. The van der Waals surface area contributed by atoms with Gasteiger partial charge in [-0.25, -0.2) is 17.9 Å². The maximum atomic E-state index is 13.7. The molecule has 4 nitrogen and oxygen atoms in total. The summed E-state index contributed by atoms with van der Waals surface area (Å²) in [6.07, 6.45) is 0.677. The van der Waals surface area contributed by atoms with Crippen molar-refractivity contribution in [1.29, 1.82) is 0 Å². The monoisotopic (exact) mass is 386 g/mol. The molecule has 0 fully saturated rings. The van der Waals surface area contributed by atoms with Gasteiger partial charge in [0.1, 0.15) is 10.7 Å². The van der Waals surface area contributed by atoms with Gasteiger partial charge in [-0.05, 0) is 29.8 Å². The van der Waals surface area contributed by atoms with Crippen molar-refractivity contribution in [2.24, 2.45) is 5.14 Å². The molecule has 0 amide bonds. The van der Waals surface area contributed by atoms with E-state index in [-0.39, 0.29) is 11.3 Å². The lowest BCUT2D eigenvalue weighted by Gasteiger charge is -2.09. The van der Waals surface area contributed by atoms with Crippen LogP contribution in [0.2, 0.25) is 0 Å². The van der Waals surface area contributed by atoms with Crippen molar-refractivity contribution in [1.82, 2.24) is 0 Å². The minimum Gasteiger partial charge on any atom is -0.360 e. The van der Waals surface area contributed by atoms with Gasteiger partial charge in [-0.2, -0.15) is 13.2 Å². The second kappa shape index (κ2) is 7.71. The van der Waals surface area contributed by atoms with Gasteiger partial charge in [0.25, 0.3) is 0 Å². The van der Waals surface area contributed by atoms with Gasteiger partial charge in [0, 0.05) is 6.20 Å². The molecule has 26 heavy (non-hydrogen) atoms. The average molecular weight is 386 g/mol. The molecule has 0 heterocycles. The summed E-state index contributed by atoms with van der Waals surface area (Å²) in [4.78, 5) is -0.698. The quantitative estimate of drug-likeness (QED) is 0.600. The van der Waals surface area contributed by atoms with Crippen molar-refractivity contribution < 1.29 is 26.0 Å². The largest absolute Gasteiger partial charge is 0.416 e. The molecule has 0 aliphatic rings. The number of nitrogens with one attached hydrogen (secondary N) is 1. The fourth-order valence-electron chi connectivity index (χ4n) is 2.16. The van der Waals surface area contributed by atoms with E-state index in [1.54, 1.807) is 0 Å². The molecule has 2 rings (SSSR count). The Morgan fingerprint density at radius 2 is 1.69 bits per heavy atom. The van der Waals surface area contributed by atoms with Crippen molar-refractivity contribution in [3.63, 3.8) is 0 Å². The van der Waals surface area contributed by atoms with E-state index in [9.17, 15) is 26.0 Å².